The second kappa shape index (κ2) is 6.20. The molecule has 1 aliphatic rings. The Kier molecular flexibility index (Phi) is 3.68. The van der Waals surface area contributed by atoms with E-state index in [4.69, 9.17) is 4.74 Å². The van der Waals surface area contributed by atoms with Crippen LogP contribution in [0.4, 0.5) is 0 Å². The highest BCUT2D eigenvalue weighted by molar-refractivity contribution is 5.95. The number of hydrogen-bond acceptors (Lipinski definition) is 3. The molecule has 27 heavy (non-hydrogen) atoms. The van der Waals surface area contributed by atoms with E-state index < -0.39 is 0 Å². The molecule has 134 valence electrons. The summed E-state index contributed by atoms with van der Waals surface area (Å²) in [4.78, 5) is 0. The van der Waals surface area contributed by atoms with Gasteiger partial charge in [-0.3, -0.25) is 0 Å². The van der Waals surface area contributed by atoms with E-state index in [9.17, 15) is 10.2 Å². The van der Waals surface area contributed by atoms with Gasteiger partial charge in [0.15, 0.2) is 0 Å². The Morgan fingerprint density at radius 1 is 0.778 bits per heavy atom. The molecule has 1 aliphatic carbocycles. The van der Waals surface area contributed by atoms with Crippen LogP contribution in [0.2, 0.25) is 0 Å². The Balaban J connectivity index is 1.61. The summed E-state index contributed by atoms with van der Waals surface area (Å²) in [6.07, 6.45) is 2.20. The summed E-state index contributed by atoms with van der Waals surface area (Å²) >= 11 is 0. The molecule has 0 amide bonds. The molecule has 3 nitrogen and oxygen atoms in total. The largest absolute Gasteiger partial charge is 0.507 e. The Morgan fingerprint density at radius 3 is 2.30 bits per heavy atom. The van der Waals surface area contributed by atoms with Crippen molar-refractivity contribution in [3.63, 3.8) is 0 Å². The van der Waals surface area contributed by atoms with E-state index in [1.807, 2.05) is 54.6 Å². The lowest BCUT2D eigenvalue weighted by Gasteiger charge is -2.29. The van der Waals surface area contributed by atoms with Crippen molar-refractivity contribution in [1.29, 1.82) is 0 Å². The van der Waals surface area contributed by atoms with E-state index in [0.717, 1.165) is 41.5 Å². The van der Waals surface area contributed by atoms with Crippen molar-refractivity contribution >= 4 is 21.5 Å². The minimum atomic E-state index is -0.273. The molecule has 1 unspecified atom stereocenters. The molecule has 0 heterocycles. The van der Waals surface area contributed by atoms with Crippen LogP contribution in [0.15, 0.2) is 66.7 Å². The summed E-state index contributed by atoms with van der Waals surface area (Å²) in [6.45, 7) is 0. The molecular formula is C24H20O3. The molecule has 0 aliphatic heterocycles. The van der Waals surface area contributed by atoms with Crippen LogP contribution in [0.3, 0.4) is 0 Å². The van der Waals surface area contributed by atoms with Gasteiger partial charge in [0, 0.05) is 21.9 Å². The fraction of sp³-hybridized carbons (Fsp3) is 0.167. The first-order valence-electron chi connectivity index (χ1n) is 9.33. The van der Waals surface area contributed by atoms with Crippen LogP contribution in [0, 0.1) is 0 Å². The molecule has 0 fully saturated rings. The smallest absolute Gasteiger partial charge is 0.130 e. The van der Waals surface area contributed by atoms with Gasteiger partial charge in [-0.25, -0.2) is 0 Å². The fourth-order valence-electron chi connectivity index (χ4n) is 4.21. The van der Waals surface area contributed by atoms with Gasteiger partial charge in [-0.2, -0.15) is 0 Å². The van der Waals surface area contributed by atoms with Crippen molar-refractivity contribution in [2.24, 2.45) is 0 Å². The van der Waals surface area contributed by atoms with Crippen molar-refractivity contribution in [3.05, 3.63) is 77.9 Å². The molecule has 0 bridgehead atoms. The molecule has 1 atom stereocenters. The van der Waals surface area contributed by atoms with Crippen LogP contribution < -0.4 is 4.74 Å². The molecule has 0 aromatic heterocycles. The molecule has 0 saturated carbocycles. The first kappa shape index (κ1) is 16.0. The summed E-state index contributed by atoms with van der Waals surface area (Å²) < 4.78 is 6.30. The van der Waals surface area contributed by atoms with Gasteiger partial charge in [-0.1, -0.05) is 54.6 Å². The van der Waals surface area contributed by atoms with Crippen molar-refractivity contribution in [3.8, 4) is 17.2 Å². The SMILES string of the molecule is Oc1c2c(c(O)c3ccccc13)C(Oc1ccc3ccccc3c1)CCC2. The van der Waals surface area contributed by atoms with Crippen LogP contribution in [0.1, 0.15) is 30.1 Å². The third kappa shape index (κ3) is 2.58. The fourth-order valence-corrected chi connectivity index (χ4v) is 4.21. The van der Waals surface area contributed by atoms with Crippen LogP contribution in [0.25, 0.3) is 21.5 Å². The van der Waals surface area contributed by atoms with Gasteiger partial charge in [0.25, 0.3) is 0 Å². The topological polar surface area (TPSA) is 49.7 Å². The predicted molar refractivity (Wildman–Crippen MR) is 108 cm³/mol. The molecule has 4 aromatic carbocycles. The minimum absolute atomic E-state index is 0.226. The summed E-state index contributed by atoms with van der Waals surface area (Å²) in [5.74, 6) is 1.27. The van der Waals surface area contributed by atoms with E-state index in [1.54, 1.807) is 0 Å². The monoisotopic (exact) mass is 356 g/mol. The van der Waals surface area contributed by atoms with Gasteiger partial charge in [0.2, 0.25) is 0 Å². The van der Waals surface area contributed by atoms with Crippen molar-refractivity contribution in [2.45, 2.75) is 25.4 Å². The molecule has 0 radical (unpaired) electrons. The number of aromatic hydroxyl groups is 2. The van der Waals surface area contributed by atoms with Gasteiger partial charge < -0.3 is 14.9 Å². The lowest BCUT2D eigenvalue weighted by Crippen LogP contribution is -2.16. The zero-order valence-electron chi connectivity index (χ0n) is 14.9. The number of fused-ring (bicyclic) bond motifs is 3. The van der Waals surface area contributed by atoms with Crippen LogP contribution >= 0.6 is 0 Å². The number of hydrogen-bond donors (Lipinski definition) is 2. The van der Waals surface area contributed by atoms with Gasteiger partial charge in [0.05, 0.1) is 0 Å². The standard InChI is InChI=1S/C24H20O3/c25-23-18-8-3-4-9-19(18)24(26)22-20(23)10-5-11-21(22)27-17-13-12-15-6-1-2-7-16(15)14-17/h1-4,6-9,12-14,21,25-26H,5,10-11H2. The lowest BCUT2D eigenvalue weighted by atomic mass is 9.85. The molecule has 0 saturated heterocycles. The third-order valence-electron chi connectivity index (χ3n) is 5.52. The summed E-state index contributed by atoms with van der Waals surface area (Å²) in [6, 6.07) is 21.6. The van der Waals surface area contributed by atoms with Crippen LogP contribution in [0.5, 0.6) is 17.2 Å². The maximum absolute atomic E-state index is 10.9. The maximum atomic E-state index is 10.9. The summed E-state index contributed by atoms with van der Waals surface area (Å²) in [5.41, 5.74) is 1.54. The molecule has 4 aromatic rings. The highest BCUT2D eigenvalue weighted by Gasteiger charge is 2.29. The quantitative estimate of drug-likeness (QED) is 0.442. The molecule has 2 N–H and O–H groups in total. The second-order valence-corrected chi connectivity index (χ2v) is 7.14. The van der Waals surface area contributed by atoms with Crippen molar-refractivity contribution < 1.29 is 14.9 Å². The van der Waals surface area contributed by atoms with Crippen molar-refractivity contribution in [1.82, 2.24) is 0 Å². The Morgan fingerprint density at radius 2 is 1.48 bits per heavy atom. The van der Waals surface area contributed by atoms with E-state index >= 15 is 0 Å². The molecule has 0 spiro atoms. The van der Waals surface area contributed by atoms with E-state index in [2.05, 4.69) is 12.1 Å². The summed E-state index contributed by atoms with van der Waals surface area (Å²) in [7, 11) is 0. The van der Waals surface area contributed by atoms with Gasteiger partial charge in [0.1, 0.15) is 23.4 Å². The number of phenols is 2. The molecule has 5 rings (SSSR count). The van der Waals surface area contributed by atoms with Gasteiger partial charge >= 0.3 is 0 Å². The third-order valence-corrected chi connectivity index (χ3v) is 5.52. The molecule has 3 heteroatoms. The number of rotatable bonds is 2. The lowest BCUT2D eigenvalue weighted by molar-refractivity contribution is 0.179. The zero-order valence-corrected chi connectivity index (χ0v) is 14.9. The minimum Gasteiger partial charge on any atom is -0.507 e. The zero-order chi connectivity index (χ0) is 18.4. The summed E-state index contributed by atoms with van der Waals surface area (Å²) in [5, 5.41) is 25.4. The Hall–Kier alpha value is -3.20. The maximum Gasteiger partial charge on any atom is 0.130 e. The Bertz CT molecular complexity index is 1160. The number of ether oxygens (including phenoxy) is 1. The first-order valence-corrected chi connectivity index (χ1v) is 9.33. The average molecular weight is 356 g/mol. The molecular weight excluding hydrogens is 336 g/mol. The predicted octanol–water partition coefficient (Wildman–Crippen LogP) is 5.86. The number of phenolic OH excluding ortho intramolecular Hbond substituents is 2. The van der Waals surface area contributed by atoms with Crippen LogP contribution in [-0.4, -0.2) is 10.2 Å². The highest BCUT2D eigenvalue weighted by atomic mass is 16.5. The van der Waals surface area contributed by atoms with Gasteiger partial charge in [-0.05, 0) is 42.2 Å². The second-order valence-electron chi connectivity index (χ2n) is 7.14. The van der Waals surface area contributed by atoms with E-state index in [-0.39, 0.29) is 17.6 Å². The van der Waals surface area contributed by atoms with E-state index in [0.29, 0.717) is 10.8 Å². The first-order chi connectivity index (χ1) is 13.2. The number of benzene rings is 4. The normalized spacial score (nSPS) is 16.4. The van der Waals surface area contributed by atoms with Crippen LogP contribution in [-0.2, 0) is 6.42 Å². The average Bonchev–Trinajstić information content (AvgIpc) is 2.72. The van der Waals surface area contributed by atoms with E-state index in [1.165, 1.54) is 5.39 Å². The van der Waals surface area contributed by atoms with Crippen molar-refractivity contribution in [2.75, 3.05) is 0 Å². The van der Waals surface area contributed by atoms with Gasteiger partial charge in [-0.15, -0.1) is 0 Å². The highest BCUT2D eigenvalue weighted by Crippen LogP contribution is 2.47. The Labute approximate surface area is 157 Å².